The Morgan fingerprint density at radius 1 is 0.917 bits per heavy atom. The molecule has 3 aromatic rings. The first-order valence-electron chi connectivity index (χ1n) is 12.4. The smallest absolute Gasteiger partial charge is 0.332 e. The predicted molar refractivity (Wildman–Crippen MR) is 140 cm³/mol. The van der Waals surface area contributed by atoms with Gasteiger partial charge in [-0.25, -0.2) is 0 Å². The number of carbonyl (C=O) groups is 1. The summed E-state index contributed by atoms with van der Waals surface area (Å²) in [5.41, 5.74) is 3.34. The highest BCUT2D eigenvalue weighted by Crippen LogP contribution is 2.29. The average Bonchev–Trinajstić information content (AvgIpc) is 2.90. The lowest BCUT2D eigenvalue weighted by molar-refractivity contribution is -0.132. The number of likely N-dealkylation sites (tertiary alicyclic amines) is 1. The van der Waals surface area contributed by atoms with E-state index in [0.717, 1.165) is 38.9 Å². The van der Waals surface area contributed by atoms with Crippen LogP contribution < -0.4 is 0 Å². The highest BCUT2D eigenvalue weighted by atomic mass is 32.3. The Morgan fingerprint density at radius 2 is 1.44 bits per heavy atom. The average molecular weight is 509 g/mol. The maximum Gasteiger partial charge on any atom is 0.332 e. The van der Waals surface area contributed by atoms with Crippen molar-refractivity contribution in [1.29, 1.82) is 0 Å². The number of carbonyl (C=O) groups excluding carboxylic acids is 1. The molecule has 0 unspecified atom stereocenters. The van der Waals surface area contributed by atoms with Crippen molar-refractivity contribution in [3.8, 4) is 0 Å². The molecule has 1 heterocycles. The Hall–Kier alpha value is -3.03. The van der Waals surface area contributed by atoms with Gasteiger partial charge in [0.15, 0.2) is 0 Å². The van der Waals surface area contributed by atoms with Gasteiger partial charge in [0.1, 0.15) is 0 Å². The van der Waals surface area contributed by atoms with E-state index < -0.39 is 10.2 Å². The Labute approximate surface area is 213 Å². The molecule has 1 amide bonds. The molecule has 1 aliphatic heterocycles. The van der Waals surface area contributed by atoms with Crippen LogP contribution in [0.3, 0.4) is 0 Å². The van der Waals surface area contributed by atoms with Crippen molar-refractivity contribution in [3.63, 3.8) is 0 Å². The number of halogens is 1. The summed E-state index contributed by atoms with van der Waals surface area (Å²) >= 11 is 0. The first-order valence-corrected chi connectivity index (χ1v) is 13.8. The Kier molecular flexibility index (Phi) is 8.54. The van der Waals surface area contributed by atoms with Crippen LogP contribution in [0.5, 0.6) is 0 Å². The van der Waals surface area contributed by atoms with Crippen LogP contribution in [0.25, 0.3) is 0 Å². The molecule has 0 N–H and O–H groups in total. The summed E-state index contributed by atoms with van der Waals surface area (Å²) in [5.74, 6) is 0.339. The van der Waals surface area contributed by atoms with E-state index in [4.69, 9.17) is 0 Å². The van der Waals surface area contributed by atoms with Gasteiger partial charge in [-0.05, 0) is 54.6 Å². The van der Waals surface area contributed by atoms with Crippen molar-refractivity contribution in [2.75, 3.05) is 26.7 Å². The number of hydrogen-bond donors (Lipinski definition) is 0. The van der Waals surface area contributed by atoms with Crippen LogP contribution in [-0.4, -0.2) is 56.8 Å². The molecular weight excluding hydrogens is 475 g/mol. The molecule has 0 saturated carbocycles. The molecule has 36 heavy (non-hydrogen) atoms. The van der Waals surface area contributed by atoms with Gasteiger partial charge >= 0.3 is 10.2 Å². The number of amides is 1. The fraction of sp³-hybridized carbons (Fsp3) is 0.345. The minimum atomic E-state index is -4.73. The van der Waals surface area contributed by atoms with Crippen LogP contribution in [0.2, 0.25) is 0 Å². The van der Waals surface area contributed by atoms with Crippen LogP contribution in [-0.2, 0) is 21.4 Å². The molecule has 0 aromatic heterocycles. The fourth-order valence-corrected chi connectivity index (χ4v) is 5.47. The van der Waals surface area contributed by atoms with E-state index in [9.17, 15) is 17.1 Å². The van der Waals surface area contributed by atoms with Crippen molar-refractivity contribution < 1.29 is 17.1 Å². The van der Waals surface area contributed by atoms with E-state index in [2.05, 4.69) is 65.6 Å². The van der Waals surface area contributed by atoms with Crippen LogP contribution in [0, 0.1) is 0 Å². The summed E-state index contributed by atoms with van der Waals surface area (Å²) in [6, 6.07) is 26.9. The topological polar surface area (TPSA) is 57.7 Å². The molecule has 0 aliphatic carbocycles. The Bertz CT molecular complexity index is 1190. The third-order valence-corrected chi connectivity index (χ3v) is 8.03. The zero-order chi connectivity index (χ0) is 25.5. The monoisotopic (exact) mass is 508 g/mol. The van der Waals surface area contributed by atoms with Gasteiger partial charge in [0.2, 0.25) is 5.91 Å². The lowest BCUT2D eigenvalue weighted by Crippen LogP contribution is -2.46. The van der Waals surface area contributed by atoms with E-state index in [1.165, 1.54) is 35.4 Å². The second-order valence-corrected chi connectivity index (χ2v) is 10.8. The SMILES string of the molecule is CN(C(=O)Cc1ccc(S(=O)(=O)F)cc1)C1CCN(CCC(c2ccccc2)c2ccccc2)CC1. The predicted octanol–water partition coefficient (Wildman–Crippen LogP) is 5.03. The van der Waals surface area contributed by atoms with E-state index in [-0.39, 0.29) is 23.3 Å². The summed E-state index contributed by atoms with van der Waals surface area (Å²) in [6.45, 7) is 2.89. The van der Waals surface area contributed by atoms with Gasteiger partial charge < -0.3 is 9.80 Å². The minimum absolute atomic E-state index is 0.0162. The third-order valence-electron chi connectivity index (χ3n) is 7.20. The van der Waals surface area contributed by atoms with E-state index in [1.54, 1.807) is 0 Å². The molecule has 190 valence electrons. The first-order chi connectivity index (χ1) is 17.3. The maximum absolute atomic E-state index is 13.1. The number of likely N-dealkylation sites (N-methyl/N-ethyl adjacent to an activating group) is 1. The van der Waals surface area contributed by atoms with Gasteiger partial charge in [0.25, 0.3) is 0 Å². The standard InChI is InChI=1S/C29H33FN2O3S/c1-31(29(33)22-23-12-14-27(15-13-23)36(30,34)35)26-16-19-32(20-17-26)21-18-28(24-8-4-2-5-9-24)25-10-6-3-7-11-25/h2-15,26,28H,16-22H2,1H3. The summed E-state index contributed by atoms with van der Waals surface area (Å²) in [4.78, 5) is 16.7. The summed E-state index contributed by atoms with van der Waals surface area (Å²) < 4.78 is 35.1. The minimum Gasteiger partial charge on any atom is -0.342 e. The largest absolute Gasteiger partial charge is 0.342 e. The lowest BCUT2D eigenvalue weighted by atomic mass is 9.88. The number of nitrogens with zero attached hydrogens (tertiary/aromatic N) is 2. The van der Waals surface area contributed by atoms with Crippen molar-refractivity contribution in [1.82, 2.24) is 9.80 Å². The van der Waals surface area contributed by atoms with Gasteiger partial charge in [0.05, 0.1) is 11.3 Å². The second-order valence-electron chi connectivity index (χ2n) is 9.50. The van der Waals surface area contributed by atoms with E-state index in [1.807, 2.05) is 11.9 Å². The van der Waals surface area contributed by atoms with Crippen molar-refractivity contribution >= 4 is 16.1 Å². The number of benzene rings is 3. The molecule has 0 atom stereocenters. The van der Waals surface area contributed by atoms with Crippen LogP contribution in [0.4, 0.5) is 3.89 Å². The van der Waals surface area contributed by atoms with Crippen LogP contribution >= 0.6 is 0 Å². The number of piperidine rings is 1. The van der Waals surface area contributed by atoms with Gasteiger partial charge in [0, 0.05) is 32.1 Å². The van der Waals surface area contributed by atoms with Gasteiger partial charge in [-0.3, -0.25) is 4.79 Å². The molecule has 4 rings (SSSR count). The zero-order valence-corrected chi connectivity index (χ0v) is 21.4. The molecule has 3 aromatic carbocycles. The Balaban J connectivity index is 1.29. The molecule has 5 nitrogen and oxygen atoms in total. The van der Waals surface area contributed by atoms with Crippen LogP contribution in [0.1, 0.15) is 41.9 Å². The van der Waals surface area contributed by atoms with Gasteiger partial charge in [-0.2, -0.15) is 8.42 Å². The van der Waals surface area contributed by atoms with Crippen LogP contribution in [0.15, 0.2) is 89.8 Å². The van der Waals surface area contributed by atoms with E-state index in [0.29, 0.717) is 11.5 Å². The van der Waals surface area contributed by atoms with Gasteiger partial charge in [-0.15, -0.1) is 3.89 Å². The molecule has 0 bridgehead atoms. The third kappa shape index (κ3) is 6.80. The molecule has 0 radical (unpaired) electrons. The quantitative estimate of drug-likeness (QED) is 0.381. The van der Waals surface area contributed by atoms with Gasteiger partial charge in [-0.1, -0.05) is 72.8 Å². The molecular formula is C29H33FN2O3S. The second kappa shape index (κ2) is 11.8. The molecule has 1 fully saturated rings. The highest BCUT2D eigenvalue weighted by molar-refractivity contribution is 7.86. The number of hydrogen-bond acceptors (Lipinski definition) is 4. The fourth-order valence-electron chi connectivity index (χ4n) is 5.01. The molecule has 7 heteroatoms. The first kappa shape index (κ1) is 26.0. The summed E-state index contributed by atoms with van der Waals surface area (Å²) in [7, 11) is -2.89. The Morgan fingerprint density at radius 3 is 1.94 bits per heavy atom. The van der Waals surface area contributed by atoms with Crippen molar-refractivity contribution in [2.24, 2.45) is 0 Å². The molecule has 1 aliphatic rings. The normalized spacial score (nSPS) is 15.2. The lowest BCUT2D eigenvalue weighted by Gasteiger charge is -2.37. The van der Waals surface area contributed by atoms with Crippen molar-refractivity contribution in [3.05, 3.63) is 102 Å². The van der Waals surface area contributed by atoms with E-state index >= 15 is 0 Å². The molecule has 0 spiro atoms. The number of rotatable bonds is 9. The van der Waals surface area contributed by atoms with Crippen molar-refractivity contribution in [2.45, 2.75) is 42.5 Å². The summed E-state index contributed by atoms with van der Waals surface area (Å²) in [5, 5.41) is 0. The zero-order valence-electron chi connectivity index (χ0n) is 20.6. The molecule has 1 saturated heterocycles. The summed E-state index contributed by atoms with van der Waals surface area (Å²) in [6.07, 6.45) is 3.04. The maximum atomic E-state index is 13.1. The highest BCUT2D eigenvalue weighted by Gasteiger charge is 2.26.